The van der Waals surface area contributed by atoms with Gasteiger partial charge in [-0.1, -0.05) is 12.1 Å². The smallest absolute Gasteiger partial charge is 0.294 e. The molecule has 3 aromatic rings. The number of carbonyl (C=O) groups is 3. The number of amides is 3. The van der Waals surface area contributed by atoms with E-state index >= 15 is 0 Å². The van der Waals surface area contributed by atoms with E-state index in [4.69, 9.17) is 14.7 Å². The second kappa shape index (κ2) is 12.1. The van der Waals surface area contributed by atoms with Crippen molar-refractivity contribution < 1.29 is 32.6 Å². The molecule has 0 bridgehead atoms. The molecule has 39 heavy (non-hydrogen) atoms. The number of halogens is 3. The van der Waals surface area contributed by atoms with Crippen LogP contribution in [0, 0.1) is 23.0 Å². The third-order valence-corrected chi connectivity index (χ3v) is 6.89. The average Bonchev–Trinajstić information content (AvgIpc) is 3.16. The number of rotatable bonds is 8. The summed E-state index contributed by atoms with van der Waals surface area (Å²) in [5.74, 6) is -2.54. The van der Waals surface area contributed by atoms with Crippen molar-refractivity contribution in [2.45, 2.75) is 6.61 Å². The molecule has 0 aromatic heterocycles. The van der Waals surface area contributed by atoms with Crippen LogP contribution in [0.3, 0.4) is 0 Å². The van der Waals surface area contributed by atoms with Crippen LogP contribution in [0.1, 0.15) is 16.7 Å². The zero-order valence-corrected chi connectivity index (χ0v) is 22.6. The highest BCUT2D eigenvalue weighted by molar-refractivity contribution is 9.10. The zero-order valence-electron chi connectivity index (χ0n) is 20.2. The molecule has 12 heteroatoms. The molecule has 0 aliphatic carbocycles. The Balaban J connectivity index is 1.46. The molecule has 1 aliphatic rings. The average molecular weight is 614 g/mol. The molecule has 0 unspecified atom stereocenters. The molecular formula is C27H18BrF2N3O5S. The van der Waals surface area contributed by atoms with Gasteiger partial charge in [0.25, 0.3) is 11.1 Å². The van der Waals surface area contributed by atoms with Gasteiger partial charge in [-0.15, -0.1) is 0 Å². The maximum absolute atomic E-state index is 13.8. The molecule has 0 atom stereocenters. The van der Waals surface area contributed by atoms with Crippen molar-refractivity contribution >= 4 is 56.5 Å². The minimum absolute atomic E-state index is 0.0703. The molecule has 1 aliphatic heterocycles. The first-order chi connectivity index (χ1) is 18.7. The molecule has 0 spiro atoms. The molecule has 1 fully saturated rings. The molecule has 0 radical (unpaired) electrons. The van der Waals surface area contributed by atoms with Gasteiger partial charge in [-0.25, -0.2) is 8.78 Å². The summed E-state index contributed by atoms with van der Waals surface area (Å²) in [7, 11) is 1.45. The molecule has 198 valence electrons. The summed E-state index contributed by atoms with van der Waals surface area (Å²) >= 11 is 4.09. The first-order valence-corrected chi connectivity index (χ1v) is 12.8. The number of anilines is 1. The topological polar surface area (TPSA) is 109 Å². The fourth-order valence-corrected chi connectivity index (χ4v) is 4.92. The van der Waals surface area contributed by atoms with Gasteiger partial charge in [0.05, 0.1) is 33.8 Å². The molecular weight excluding hydrogens is 596 g/mol. The van der Waals surface area contributed by atoms with Crippen molar-refractivity contribution in [3.63, 3.8) is 0 Å². The number of hydrogen-bond acceptors (Lipinski definition) is 7. The van der Waals surface area contributed by atoms with Crippen LogP contribution in [-0.2, 0) is 16.2 Å². The molecule has 0 saturated carbocycles. The van der Waals surface area contributed by atoms with Gasteiger partial charge < -0.3 is 14.8 Å². The predicted molar refractivity (Wildman–Crippen MR) is 144 cm³/mol. The number of carbonyl (C=O) groups excluding carboxylic acids is 3. The van der Waals surface area contributed by atoms with E-state index < -0.39 is 35.2 Å². The van der Waals surface area contributed by atoms with Crippen LogP contribution in [0.25, 0.3) is 6.08 Å². The summed E-state index contributed by atoms with van der Waals surface area (Å²) in [5, 5.41) is 10.5. The second-order valence-electron chi connectivity index (χ2n) is 8.07. The standard InChI is InChI=1S/C27H18BrF2N3O5S/c1-37-22-9-17(8-19(28)25(22)38-14-16-4-2-15(12-31)3-5-16)10-23-26(35)33(27(36)39-23)13-24(34)32-21-7-6-18(29)11-20(21)30/h2-11H,13-14H2,1H3,(H,32,34)/b23-10+. The van der Waals surface area contributed by atoms with Crippen LogP contribution in [0.15, 0.2) is 64.0 Å². The third-order valence-electron chi connectivity index (χ3n) is 5.40. The Morgan fingerprint density at radius 1 is 1.15 bits per heavy atom. The van der Waals surface area contributed by atoms with E-state index in [0.717, 1.165) is 22.6 Å². The van der Waals surface area contributed by atoms with Crippen LogP contribution in [0.2, 0.25) is 0 Å². The maximum atomic E-state index is 13.8. The van der Waals surface area contributed by atoms with Crippen LogP contribution in [-0.4, -0.2) is 35.6 Å². The first kappa shape index (κ1) is 27.8. The number of ether oxygens (including phenoxy) is 2. The Morgan fingerprint density at radius 3 is 2.56 bits per heavy atom. The van der Waals surface area contributed by atoms with Crippen LogP contribution >= 0.6 is 27.7 Å². The van der Waals surface area contributed by atoms with Crippen LogP contribution < -0.4 is 14.8 Å². The molecule has 3 amide bonds. The van der Waals surface area contributed by atoms with Crippen molar-refractivity contribution in [3.8, 4) is 17.6 Å². The van der Waals surface area contributed by atoms with Gasteiger partial charge in [0.2, 0.25) is 5.91 Å². The molecule has 4 rings (SSSR count). The Morgan fingerprint density at radius 2 is 1.90 bits per heavy atom. The van der Waals surface area contributed by atoms with Gasteiger partial charge in [0.1, 0.15) is 24.8 Å². The van der Waals surface area contributed by atoms with E-state index in [1.807, 2.05) is 0 Å². The Labute approximate surface area is 234 Å². The van der Waals surface area contributed by atoms with E-state index in [2.05, 4.69) is 27.3 Å². The normalized spacial score (nSPS) is 13.9. The third kappa shape index (κ3) is 6.63. The highest BCUT2D eigenvalue weighted by atomic mass is 79.9. The number of nitrogens with one attached hydrogen (secondary N) is 1. The molecule has 1 heterocycles. The second-order valence-corrected chi connectivity index (χ2v) is 9.92. The quantitative estimate of drug-likeness (QED) is 0.317. The number of nitrogens with zero attached hydrogens (tertiary/aromatic N) is 2. The monoisotopic (exact) mass is 613 g/mol. The summed E-state index contributed by atoms with van der Waals surface area (Å²) in [4.78, 5) is 38.4. The minimum Gasteiger partial charge on any atom is -0.493 e. The Kier molecular flexibility index (Phi) is 8.63. The van der Waals surface area contributed by atoms with Gasteiger partial charge >= 0.3 is 0 Å². The molecule has 1 saturated heterocycles. The fraction of sp³-hybridized carbons (Fsp3) is 0.111. The van der Waals surface area contributed by atoms with Crippen molar-refractivity contribution in [2.24, 2.45) is 0 Å². The number of imide groups is 1. The number of thioether (sulfide) groups is 1. The number of nitriles is 1. The summed E-state index contributed by atoms with van der Waals surface area (Å²) in [6.07, 6.45) is 1.47. The predicted octanol–water partition coefficient (Wildman–Crippen LogP) is 5.86. The van der Waals surface area contributed by atoms with E-state index in [-0.39, 0.29) is 17.2 Å². The number of methoxy groups -OCH3 is 1. The van der Waals surface area contributed by atoms with Gasteiger partial charge in [-0.2, -0.15) is 5.26 Å². The molecule has 8 nitrogen and oxygen atoms in total. The lowest BCUT2D eigenvalue weighted by molar-refractivity contribution is -0.127. The van der Waals surface area contributed by atoms with Crippen LogP contribution in [0.5, 0.6) is 11.5 Å². The fourth-order valence-electron chi connectivity index (χ4n) is 3.51. The Bertz CT molecular complexity index is 1540. The number of benzene rings is 3. The van der Waals surface area contributed by atoms with Crippen molar-refractivity contribution in [1.29, 1.82) is 5.26 Å². The molecule has 1 N–H and O–H groups in total. The highest BCUT2D eigenvalue weighted by Crippen LogP contribution is 2.39. The van der Waals surface area contributed by atoms with Crippen LogP contribution in [0.4, 0.5) is 19.3 Å². The largest absolute Gasteiger partial charge is 0.493 e. The van der Waals surface area contributed by atoms with Crippen molar-refractivity contribution in [2.75, 3.05) is 19.0 Å². The van der Waals surface area contributed by atoms with Crippen molar-refractivity contribution in [3.05, 3.63) is 92.3 Å². The van der Waals surface area contributed by atoms with E-state index in [9.17, 15) is 23.2 Å². The minimum atomic E-state index is -0.985. The van der Waals surface area contributed by atoms with E-state index in [1.165, 1.54) is 13.2 Å². The summed E-state index contributed by atoms with van der Waals surface area (Å²) in [6, 6.07) is 14.9. The lowest BCUT2D eigenvalue weighted by Gasteiger charge is -2.14. The maximum Gasteiger partial charge on any atom is 0.294 e. The summed E-state index contributed by atoms with van der Waals surface area (Å²) in [6.45, 7) is -0.434. The molecule has 3 aromatic carbocycles. The van der Waals surface area contributed by atoms with Gasteiger partial charge in [0, 0.05) is 6.07 Å². The van der Waals surface area contributed by atoms with E-state index in [1.54, 1.807) is 36.4 Å². The summed E-state index contributed by atoms with van der Waals surface area (Å²) < 4.78 is 38.8. The zero-order chi connectivity index (χ0) is 28.1. The van der Waals surface area contributed by atoms with E-state index in [0.29, 0.717) is 44.9 Å². The number of hydrogen-bond donors (Lipinski definition) is 1. The lowest BCUT2D eigenvalue weighted by Crippen LogP contribution is -2.36. The first-order valence-electron chi connectivity index (χ1n) is 11.2. The Hall–Kier alpha value is -4.21. The van der Waals surface area contributed by atoms with Gasteiger partial charge in [-0.3, -0.25) is 19.3 Å². The van der Waals surface area contributed by atoms with Crippen molar-refractivity contribution in [1.82, 2.24) is 4.90 Å². The SMILES string of the molecule is COc1cc(/C=C2/SC(=O)N(CC(=O)Nc3ccc(F)cc3F)C2=O)cc(Br)c1OCc1ccc(C#N)cc1. The van der Waals surface area contributed by atoms with Gasteiger partial charge in [0.15, 0.2) is 11.5 Å². The highest BCUT2D eigenvalue weighted by Gasteiger charge is 2.36. The van der Waals surface area contributed by atoms with Gasteiger partial charge in [-0.05, 0) is 81.3 Å². The lowest BCUT2D eigenvalue weighted by atomic mass is 10.1. The summed E-state index contributed by atoms with van der Waals surface area (Å²) in [5.41, 5.74) is 1.62.